The predicted molar refractivity (Wildman–Crippen MR) is 280 cm³/mol. The molecule has 0 saturated carbocycles. The second kappa shape index (κ2) is 23.5. The third-order valence-electron chi connectivity index (χ3n) is 10.2. The molecule has 0 radical (unpaired) electrons. The van der Waals surface area contributed by atoms with E-state index in [-0.39, 0.29) is 29.7 Å². The maximum atomic E-state index is 13.6. The number of carbonyl (C=O) groups is 2. The van der Waals surface area contributed by atoms with Crippen LogP contribution in [0.3, 0.4) is 0 Å². The Morgan fingerprint density at radius 1 is 0.478 bits per heavy atom. The second-order valence-corrected chi connectivity index (χ2v) is 15.1. The minimum Gasteiger partial charge on any atom is -0.390 e. The highest BCUT2D eigenvalue weighted by atomic mass is 16.2. The topological polar surface area (TPSA) is 355 Å². The zero-order valence-corrected chi connectivity index (χ0v) is 38.5. The van der Waals surface area contributed by atoms with Crippen LogP contribution < -0.4 is 55.3 Å². The number of hydrogen-bond donors (Lipinski definition) is 14. The summed E-state index contributed by atoms with van der Waals surface area (Å²) >= 11 is 0. The first-order valence-corrected chi connectivity index (χ1v) is 21.0. The van der Waals surface area contributed by atoms with Crippen molar-refractivity contribution in [2.45, 2.75) is 27.7 Å². The maximum absolute atomic E-state index is 13.6. The Morgan fingerprint density at radius 3 is 1.07 bits per heavy atom. The highest BCUT2D eigenvalue weighted by molar-refractivity contribution is 6.11. The second-order valence-electron chi connectivity index (χ2n) is 15.1. The quantitative estimate of drug-likeness (QED) is 0.0354. The molecular weight excluding hydrogens is 873 g/mol. The third-order valence-corrected chi connectivity index (χ3v) is 10.2. The van der Waals surface area contributed by atoms with Crippen molar-refractivity contribution >= 4 is 81.0 Å². The van der Waals surface area contributed by atoms with Crippen LogP contribution in [0.4, 0.5) is 11.4 Å². The molecule has 0 spiro atoms. The van der Waals surface area contributed by atoms with Crippen LogP contribution in [0.5, 0.6) is 0 Å². The molecule has 6 rings (SSSR count). The van der Waals surface area contributed by atoms with Crippen molar-refractivity contribution < 1.29 is 9.59 Å². The minimum atomic E-state index is -0.342. The van der Waals surface area contributed by atoms with Crippen molar-refractivity contribution in [3.8, 4) is 22.3 Å². The Kier molecular flexibility index (Phi) is 17.1. The number of guanidine groups is 3. The van der Waals surface area contributed by atoms with E-state index < -0.39 is 0 Å². The van der Waals surface area contributed by atoms with E-state index in [0.717, 1.165) is 44.9 Å². The van der Waals surface area contributed by atoms with Crippen LogP contribution in [0.2, 0.25) is 0 Å². The van der Waals surface area contributed by atoms with Gasteiger partial charge in [-0.25, -0.2) is 16.3 Å². The zero-order chi connectivity index (χ0) is 50.2. The summed E-state index contributed by atoms with van der Waals surface area (Å²) in [5.74, 6) is -1.59. The van der Waals surface area contributed by atoms with Gasteiger partial charge >= 0.3 is 0 Å². The first-order valence-electron chi connectivity index (χ1n) is 21.0. The monoisotopic (exact) mass is 926 g/mol. The number of benzene rings is 6. The highest BCUT2D eigenvalue weighted by Gasteiger charge is 2.16. The van der Waals surface area contributed by atoms with Crippen molar-refractivity contribution in [1.82, 2.24) is 21.7 Å². The zero-order valence-electron chi connectivity index (χ0n) is 38.5. The van der Waals surface area contributed by atoms with Gasteiger partial charge in [-0.15, -0.1) is 0 Å². The number of amides is 2. The lowest BCUT2D eigenvalue weighted by Crippen LogP contribution is -2.27. The van der Waals surface area contributed by atoms with Gasteiger partial charge in [0, 0.05) is 51.8 Å². The van der Waals surface area contributed by atoms with Crippen molar-refractivity contribution in [2.75, 3.05) is 17.7 Å². The normalized spacial score (nSPS) is 11.6. The van der Waals surface area contributed by atoms with E-state index in [1.165, 1.54) is 0 Å². The van der Waals surface area contributed by atoms with Gasteiger partial charge in [0.2, 0.25) is 17.9 Å². The molecule has 0 aromatic heterocycles. The Hall–Kier alpha value is -9.72. The number of hydrazone groups is 4. The Balaban J connectivity index is 0.00000288. The summed E-state index contributed by atoms with van der Waals surface area (Å²) in [5, 5.41) is 52.9. The number of carbonyl (C=O) groups excluding carboxylic acids is 2. The standard InChI is InChI=1S/C48H50N16O2.CH4N2/c1-26(58-55-5)34-20-35(27(2)59-62-46(49)50)23-38(22-34)56-44(65)32-14-10-30(11-15-32)40-18-19-41(43-9-7-6-8-42(40)43)31-12-16-33(17-13-31)45(66)57-39-24-36(28(3)60-63-47(51)52)21-37(25-39)29(4)61-64-48(53)54;2-1-3/h6-25,55H,1-5H3,(H,56,65)(H,57,66)(H4,49,50,62)(H4,51,52,63)(H4,53,54,64);1H,(H3,2,3)/b58-26-,59-27+,60-28-,61-29-;. The van der Waals surface area contributed by atoms with Crippen LogP contribution in [0.15, 0.2) is 142 Å². The van der Waals surface area contributed by atoms with E-state index in [9.17, 15) is 9.59 Å². The van der Waals surface area contributed by atoms with Gasteiger partial charge in [0.15, 0.2) is 0 Å². The van der Waals surface area contributed by atoms with Crippen molar-refractivity contribution in [3.63, 3.8) is 0 Å². The molecule has 6 aromatic rings. The molecule has 0 aliphatic rings. The predicted octanol–water partition coefficient (Wildman–Crippen LogP) is 5.80. The molecule has 20 heteroatoms. The van der Waals surface area contributed by atoms with Gasteiger partial charge in [-0.2, -0.15) is 20.4 Å². The first kappa shape index (κ1) is 50.3. The van der Waals surface area contributed by atoms with E-state index in [4.69, 9.17) is 38.8 Å². The van der Waals surface area contributed by atoms with Crippen molar-refractivity contribution in [2.24, 2.45) is 43.3 Å². The molecule has 18 N–H and O–H groups in total. The fourth-order valence-corrected chi connectivity index (χ4v) is 6.90. The van der Waals surface area contributed by atoms with Crippen LogP contribution in [0, 0.1) is 21.6 Å². The fraction of sp³-hybridized carbons (Fsp3) is 0.102. The third kappa shape index (κ3) is 13.7. The number of rotatable bonds is 14. The smallest absolute Gasteiger partial charge is 0.255 e. The average Bonchev–Trinajstić information content (AvgIpc) is 3.33. The molecule has 0 atom stereocenters. The lowest BCUT2D eigenvalue weighted by atomic mass is 9.91. The molecule has 69 heavy (non-hydrogen) atoms. The summed E-state index contributed by atoms with van der Waals surface area (Å²) in [7, 11) is 1.71. The molecule has 0 saturated heterocycles. The van der Waals surface area contributed by atoms with Crippen LogP contribution in [0.1, 0.15) is 70.7 Å². The van der Waals surface area contributed by atoms with Gasteiger partial charge in [0.05, 0.1) is 29.2 Å². The number of nitrogens with zero attached hydrogens (tertiary/aromatic N) is 4. The van der Waals surface area contributed by atoms with Gasteiger partial charge in [0.1, 0.15) is 0 Å². The Morgan fingerprint density at radius 2 is 0.783 bits per heavy atom. The summed E-state index contributed by atoms with van der Waals surface area (Å²) in [4.78, 5) is 27.2. The molecular formula is C49H54N18O2. The molecule has 0 heterocycles. The van der Waals surface area contributed by atoms with E-state index in [0.29, 0.717) is 62.0 Å². The molecule has 20 nitrogen and oxygen atoms in total. The summed E-state index contributed by atoms with van der Waals surface area (Å²) in [6.45, 7) is 7.07. The van der Waals surface area contributed by atoms with Gasteiger partial charge in [0.25, 0.3) is 11.8 Å². The van der Waals surface area contributed by atoms with Crippen LogP contribution >= 0.6 is 0 Å². The number of nitrogens with one attached hydrogen (secondary N) is 10. The van der Waals surface area contributed by atoms with Gasteiger partial charge in [-0.1, -0.05) is 60.7 Å². The Bertz CT molecular complexity index is 3000. The number of hydrogen-bond acceptors (Lipinski definition) is 11. The van der Waals surface area contributed by atoms with Crippen molar-refractivity contribution in [3.05, 3.63) is 155 Å². The summed E-state index contributed by atoms with van der Waals surface area (Å²) < 4.78 is 0. The lowest BCUT2D eigenvalue weighted by Gasteiger charge is -2.14. The van der Waals surface area contributed by atoms with Gasteiger partial charge < -0.3 is 39.0 Å². The van der Waals surface area contributed by atoms with E-state index in [1.54, 1.807) is 76.3 Å². The number of anilines is 2. The minimum absolute atomic E-state index is 0.294. The summed E-state index contributed by atoms with van der Waals surface area (Å²) in [6, 6.07) is 37.8. The molecule has 0 bridgehead atoms. The van der Waals surface area contributed by atoms with Crippen molar-refractivity contribution in [1.29, 1.82) is 21.6 Å². The molecule has 0 aliphatic carbocycles. The summed E-state index contributed by atoms with van der Waals surface area (Å²) in [5.41, 5.74) is 41.5. The highest BCUT2D eigenvalue weighted by Crippen LogP contribution is 2.36. The number of fused-ring (bicyclic) bond motifs is 1. The van der Waals surface area contributed by atoms with Crippen LogP contribution in [-0.4, -0.2) is 65.9 Å². The van der Waals surface area contributed by atoms with E-state index in [1.807, 2.05) is 55.5 Å². The SMILES string of the molecule is CN/N=C(/C)c1cc(NC(=O)c2ccc(-c3ccc(-c4ccc(C(=O)Nc5cc(/C(C)=N\NC(=N)N)cc(/C(C)=N\NC(=N)N)c5)cc4)c4ccccc34)cc2)cc(/C(C)=N/NC(=N)N)c1.N=CN. The van der Waals surface area contributed by atoms with E-state index >= 15 is 0 Å². The van der Waals surface area contributed by atoms with Gasteiger partial charge in [-0.3, -0.25) is 31.2 Å². The van der Waals surface area contributed by atoms with Crippen LogP contribution in [-0.2, 0) is 0 Å². The molecule has 6 aromatic carbocycles. The number of nitrogens with two attached hydrogens (primary N) is 4. The van der Waals surface area contributed by atoms with E-state index in [2.05, 4.69) is 82.7 Å². The molecule has 352 valence electrons. The molecule has 2 amide bonds. The van der Waals surface area contributed by atoms with Crippen LogP contribution in [0.25, 0.3) is 33.0 Å². The summed E-state index contributed by atoms with van der Waals surface area (Å²) in [6.07, 6.45) is 0.750. The largest absolute Gasteiger partial charge is 0.390 e. The first-order chi connectivity index (χ1) is 33.0. The average molecular weight is 927 g/mol. The maximum Gasteiger partial charge on any atom is 0.255 e. The van der Waals surface area contributed by atoms with Gasteiger partial charge in [-0.05, 0) is 121 Å². The fourth-order valence-electron chi connectivity index (χ4n) is 6.90. The molecule has 0 unspecified atom stereocenters. The molecule has 0 fully saturated rings. The lowest BCUT2D eigenvalue weighted by molar-refractivity contribution is 0.101. The Labute approximate surface area is 398 Å². The molecule has 0 aliphatic heterocycles.